The molecule has 0 radical (unpaired) electrons. The van der Waals surface area contributed by atoms with Crippen molar-refractivity contribution in [1.29, 1.82) is 0 Å². The summed E-state index contributed by atoms with van der Waals surface area (Å²) in [5.74, 6) is 0.897. The van der Waals surface area contributed by atoms with Crippen LogP contribution in [0, 0.1) is 0 Å². The fourth-order valence-corrected chi connectivity index (χ4v) is 2.63. The number of rotatable bonds is 4. The lowest BCUT2D eigenvalue weighted by Crippen LogP contribution is -2.48. The lowest BCUT2D eigenvalue weighted by Gasteiger charge is -2.29. The van der Waals surface area contributed by atoms with E-state index in [0.29, 0.717) is 5.92 Å². The van der Waals surface area contributed by atoms with Gasteiger partial charge in [-0.05, 0) is 39.0 Å². The van der Waals surface area contributed by atoms with Gasteiger partial charge >= 0.3 is 0 Å². The lowest BCUT2D eigenvalue weighted by atomic mass is 10.1. The number of nitrogens with one attached hydrogen (secondary N) is 2. The molecule has 2 aliphatic rings. The molecule has 0 bridgehead atoms. The fourth-order valence-electron chi connectivity index (χ4n) is 2.63. The molecule has 1 unspecified atom stereocenters. The summed E-state index contributed by atoms with van der Waals surface area (Å²) >= 11 is 0. The van der Waals surface area contributed by atoms with E-state index >= 15 is 0 Å². The van der Waals surface area contributed by atoms with Crippen LogP contribution in [0.15, 0.2) is 0 Å². The Hall–Kier alpha value is -1.92. The molecular formula is C14H21N5O2. The van der Waals surface area contributed by atoms with Crippen molar-refractivity contribution in [2.45, 2.75) is 51.0 Å². The summed E-state index contributed by atoms with van der Waals surface area (Å²) in [5, 5.41) is 9.42. The topological polar surface area (TPSA) is 91.0 Å². The monoisotopic (exact) mass is 291 g/mol. The molecule has 1 aliphatic heterocycles. The molecule has 7 nitrogen and oxygen atoms in total. The highest BCUT2D eigenvalue weighted by atomic mass is 16.2. The Morgan fingerprint density at radius 2 is 2.00 bits per heavy atom. The highest BCUT2D eigenvalue weighted by Gasteiger charge is 2.29. The van der Waals surface area contributed by atoms with Crippen molar-refractivity contribution in [3.8, 4) is 0 Å². The molecule has 2 fully saturated rings. The Labute approximate surface area is 123 Å². The van der Waals surface area contributed by atoms with Gasteiger partial charge in [0, 0.05) is 19.0 Å². The summed E-state index contributed by atoms with van der Waals surface area (Å²) in [7, 11) is 0. The van der Waals surface area contributed by atoms with E-state index in [4.69, 9.17) is 0 Å². The Morgan fingerprint density at radius 1 is 1.29 bits per heavy atom. The summed E-state index contributed by atoms with van der Waals surface area (Å²) in [6.07, 6.45) is 5.45. The maximum atomic E-state index is 12.3. The Balaban J connectivity index is 1.56. The fraction of sp³-hybridized carbons (Fsp3) is 0.714. The van der Waals surface area contributed by atoms with Gasteiger partial charge in [-0.15, -0.1) is 5.10 Å². The van der Waals surface area contributed by atoms with Crippen LogP contribution < -0.4 is 5.32 Å². The molecule has 1 saturated heterocycles. The van der Waals surface area contributed by atoms with E-state index in [1.54, 1.807) is 6.92 Å². The molecule has 1 aromatic heterocycles. The van der Waals surface area contributed by atoms with E-state index in [1.165, 1.54) is 6.42 Å². The first kappa shape index (κ1) is 14.0. The number of piperidine rings is 1. The minimum absolute atomic E-state index is 0.0268. The van der Waals surface area contributed by atoms with E-state index in [-0.39, 0.29) is 11.7 Å². The quantitative estimate of drug-likeness (QED) is 0.859. The van der Waals surface area contributed by atoms with Gasteiger partial charge in [-0.2, -0.15) is 0 Å². The maximum Gasteiger partial charge on any atom is 0.291 e. The molecule has 1 atom stereocenters. The van der Waals surface area contributed by atoms with Crippen LogP contribution in [0.3, 0.4) is 0 Å². The molecular weight excluding hydrogens is 270 g/mol. The third kappa shape index (κ3) is 3.22. The van der Waals surface area contributed by atoms with Gasteiger partial charge in [-0.25, -0.2) is 4.98 Å². The number of amides is 2. The van der Waals surface area contributed by atoms with Crippen molar-refractivity contribution < 1.29 is 9.59 Å². The highest BCUT2D eigenvalue weighted by Crippen LogP contribution is 2.37. The van der Waals surface area contributed by atoms with Crippen molar-refractivity contribution in [2.75, 3.05) is 13.1 Å². The van der Waals surface area contributed by atoms with Gasteiger partial charge in [0.15, 0.2) is 0 Å². The van der Waals surface area contributed by atoms with Crippen LogP contribution in [0.25, 0.3) is 0 Å². The molecule has 2 amide bonds. The Morgan fingerprint density at radius 3 is 2.67 bits per heavy atom. The number of hydrogen-bond donors (Lipinski definition) is 2. The van der Waals surface area contributed by atoms with Crippen molar-refractivity contribution in [1.82, 2.24) is 25.4 Å². The predicted molar refractivity (Wildman–Crippen MR) is 75.7 cm³/mol. The molecule has 0 spiro atoms. The highest BCUT2D eigenvalue weighted by molar-refractivity contribution is 5.94. The maximum absolute atomic E-state index is 12.3. The average Bonchev–Trinajstić information content (AvgIpc) is 3.24. The van der Waals surface area contributed by atoms with E-state index in [0.717, 1.165) is 44.6 Å². The van der Waals surface area contributed by atoms with Crippen LogP contribution in [0.1, 0.15) is 61.4 Å². The van der Waals surface area contributed by atoms with E-state index < -0.39 is 11.9 Å². The summed E-state index contributed by atoms with van der Waals surface area (Å²) in [6, 6.07) is -0.543. The molecule has 2 heterocycles. The number of carbonyl (C=O) groups excluding carboxylic acids is 2. The minimum atomic E-state index is -0.543. The molecule has 0 aromatic carbocycles. The third-order valence-electron chi connectivity index (χ3n) is 4.06. The van der Waals surface area contributed by atoms with Gasteiger partial charge in [0.25, 0.3) is 5.91 Å². The van der Waals surface area contributed by atoms with Crippen molar-refractivity contribution >= 4 is 11.8 Å². The van der Waals surface area contributed by atoms with Crippen LogP contribution in [0.5, 0.6) is 0 Å². The molecule has 1 saturated carbocycles. The summed E-state index contributed by atoms with van der Waals surface area (Å²) < 4.78 is 0. The zero-order chi connectivity index (χ0) is 14.8. The van der Waals surface area contributed by atoms with E-state index in [2.05, 4.69) is 20.5 Å². The molecule has 3 rings (SSSR count). The molecule has 1 aliphatic carbocycles. The molecule has 1 aromatic rings. The Kier molecular flexibility index (Phi) is 3.90. The van der Waals surface area contributed by atoms with Gasteiger partial charge in [-0.1, -0.05) is 0 Å². The number of likely N-dealkylation sites (tertiary alicyclic amines) is 1. The van der Waals surface area contributed by atoms with Crippen molar-refractivity contribution in [2.24, 2.45) is 0 Å². The number of nitrogens with zero attached hydrogens (tertiary/aromatic N) is 3. The smallest absolute Gasteiger partial charge is 0.291 e. The molecule has 7 heteroatoms. The van der Waals surface area contributed by atoms with Crippen LogP contribution >= 0.6 is 0 Å². The predicted octanol–water partition coefficient (Wildman–Crippen LogP) is 0.813. The lowest BCUT2D eigenvalue weighted by molar-refractivity contribution is -0.133. The second-order valence-electron chi connectivity index (χ2n) is 5.90. The standard InChI is InChI=1S/C14H21N5O2/c1-9(14(21)19-7-3-2-4-8-19)15-13(20)12-16-11(17-18-12)10-5-6-10/h9-10H,2-8H2,1H3,(H,15,20)(H,16,17,18). The molecule has 21 heavy (non-hydrogen) atoms. The summed E-state index contributed by atoms with van der Waals surface area (Å²) in [5.41, 5.74) is 0. The average molecular weight is 291 g/mol. The van der Waals surface area contributed by atoms with Gasteiger partial charge in [-0.3, -0.25) is 14.7 Å². The summed E-state index contributed by atoms with van der Waals surface area (Å²) in [4.78, 5) is 30.3. The van der Waals surface area contributed by atoms with Gasteiger partial charge < -0.3 is 10.2 Å². The Bertz CT molecular complexity index is 531. The number of H-pyrrole nitrogens is 1. The van der Waals surface area contributed by atoms with Crippen LogP contribution in [-0.4, -0.2) is 51.0 Å². The SMILES string of the molecule is CC(NC(=O)c1n[nH]c(C2CC2)n1)C(=O)N1CCCCC1. The van der Waals surface area contributed by atoms with Gasteiger partial charge in [0.05, 0.1) is 0 Å². The number of carbonyl (C=O) groups is 2. The number of aromatic nitrogens is 3. The normalized spacial score (nSPS) is 20.1. The largest absolute Gasteiger partial charge is 0.341 e. The van der Waals surface area contributed by atoms with Gasteiger partial charge in [0.2, 0.25) is 11.7 Å². The number of hydrogen-bond acceptors (Lipinski definition) is 4. The van der Waals surface area contributed by atoms with Gasteiger partial charge in [0.1, 0.15) is 11.9 Å². The minimum Gasteiger partial charge on any atom is -0.341 e. The zero-order valence-corrected chi connectivity index (χ0v) is 12.3. The first-order chi connectivity index (χ1) is 10.1. The second kappa shape index (κ2) is 5.83. The van der Waals surface area contributed by atoms with Crippen LogP contribution in [0.4, 0.5) is 0 Å². The summed E-state index contributed by atoms with van der Waals surface area (Å²) in [6.45, 7) is 3.28. The van der Waals surface area contributed by atoms with E-state index in [9.17, 15) is 9.59 Å². The first-order valence-electron chi connectivity index (χ1n) is 7.67. The van der Waals surface area contributed by atoms with Crippen LogP contribution in [0.2, 0.25) is 0 Å². The van der Waals surface area contributed by atoms with Crippen molar-refractivity contribution in [3.05, 3.63) is 11.6 Å². The van der Waals surface area contributed by atoms with Crippen molar-refractivity contribution in [3.63, 3.8) is 0 Å². The van der Waals surface area contributed by atoms with Crippen LogP contribution in [-0.2, 0) is 4.79 Å². The van der Waals surface area contributed by atoms with E-state index in [1.807, 2.05) is 4.90 Å². The molecule has 2 N–H and O–H groups in total. The zero-order valence-electron chi connectivity index (χ0n) is 12.3. The first-order valence-corrected chi connectivity index (χ1v) is 7.67. The number of aromatic amines is 1. The molecule has 114 valence electrons. The second-order valence-corrected chi connectivity index (χ2v) is 5.90. The third-order valence-corrected chi connectivity index (χ3v) is 4.06.